The monoisotopic (exact) mass is 219 g/mol. The molecule has 1 aromatic heterocycles. The molecule has 88 valence electrons. The summed E-state index contributed by atoms with van der Waals surface area (Å²) in [5.41, 5.74) is 1.11. The van der Waals surface area contributed by atoms with E-state index in [-0.39, 0.29) is 0 Å². The van der Waals surface area contributed by atoms with E-state index in [0.29, 0.717) is 0 Å². The Labute approximate surface area is 97.9 Å². The van der Waals surface area contributed by atoms with Gasteiger partial charge in [-0.1, -0.05) is 31.2 Å². The second kappa shape index (κ2) is 6.99. The first kappa shape index (κ1) is 12.7. The first-order valence-corrected chi connectivity index (χ1v) is 5.92. The molecule has 0 radical (unpaired) electrons. The molecule has 16 heavy (non-hydrogen) atoms. The Hall–Kier alpha value is -1.38. The number of rotatable bonds is 7. The van der Waals surface area contributed by atoms with Gasteiger partial charge in [-0.2, -0.15) is 0 Å². The molecule has 0 spiro atoms. The molecule has 0 atom stereocenters. The Morgan fingerprint density at radius 1 is 1.56 bits per heavy atom. The topological polar surface area (TPSA) is 30.7 Å². The average Bonchev–Trinajstić information content (AvgIpc) is 2.65. The van der Waals surface area contributed by atoms with E-state index in [9.17, 15) is 0 Å². The van der Waals surface area contributed by atoms with Crippen LogP contribution in [-0.2, 0) is 13.0 Å². The number of aromatic nitrogens is 3. The molecule has 0 unspecified atom stereocenters. The number of hydrogen-bond donors (Lipinski definition) is 0. The van der Waals surface area contributed by atoms with Crippen molar-refractivity contribution in [3.8, 4) is 0 Å². The molecule has 0 aromatic carbocycles. The molecule has 0 N–H and O–H groups in total. The highest BCUT2D eigenvalue weighted by atomic mass is 15.3. The normalized spacial score (nSPS) is 11.1. The quantitative estimate of drug-likeness (QED) is 0.521. The van der Waals surface area contributed by atoms with Gasteiger partial charge in [-0.15, -0.1) is 10.2 Å². The van der Waals surface area contributed by atoms with Crippen LogP contribution in [0.5, 0.6) is 0 Å². The van der Waals surface area contributed by atoms with Crippen LogP contribution in [0.1, 0.15) is 38.9 Å². The molecule has 3 heteroatoms. The van der Waals surface area contributed by atoms with Gasteiger partial charge in [0, 0.05) is 13.0 Å². The molecule has 0 bridgehead atoms. The number of aryl methyl sites for hydroxylation is 2. The molecule has 1 rings (SSSR count). The molecule has 0 amide bonds. The summed E-state index contributed by atoms with van der Waals surface area (Å²) >= 11 is 0. The fourth-order valence-corrected chi connectivity index (χ4v) is 1.55. The van der Waals surface area contributed by atoms with Gasteiger partial charge in [0.1, 0.15) is 12.2 Å². The van der Waals surface area contributed by atoms with Gasteiger partial charge in [0.15, 0.2) is 0 Å². The van der Waals surface area contributed by atoms with Crippen LogP contribution in [0.3, 0.4) is 0 Å². The van der Waals surface area contributed by atoms with Gasteiger partial charge in [0.25, 0.3) is 0 Å². The van der Waals surface area contributed by atoms with E-state index in [0.717, 1.165) is 43.6 Å². The highest BCUT2D eigenvalue weighted by molar-refractivity contribution is 5.10. The molecule has 0 saturated carbocycles. The fraction of sp³-hybridized carbons (Fsp3) is 0.538. The molecule has 0 fully saturated rings. The second-order valence-electron chi connectivity index (χ2n) is 4.08. The molecule has 0 aliphatic heterocycles. The van der Waals surface area contributed by atoms with Crippen molar-refractivity contribution in [1.82, 2.24) is 14.8 Å². The zero-order chi connectivity index (χ0) is 11.8. The van der Waals surface area contributed by atoms with Crippen LogP contribution in [-0.4, -0.2) is 14.8 Å². The Morgan fingerprint density at radius 3 is 3.06 bits per heavy atom. The van der Waals surface area contributed by atoms with Gasteiger partial charge in [-0.05, 0) is 26.2 Å². The average molecular weight is 219 g/mol. The molecule has 3 nitrogen and oxygen atoms in total. The largest absolute Gasteiger partial charge is 0.318 e. The summed E-state index contributed by atoms with van der Waals surface area (Å²) in [6.07, 6.45) is 10.4. The summed E-state index contributed by atoms with van der Waals surface area (Å²) in [6.45, 7) is 9.00. The third kappa shape index (κ3) is 4.43. The maximum Gasteiger partial charge on any atom is 0.132 e. The molecular weight excluding hydrogens is 198 g/mol. The van der Waals surface area contributed by atoms with Gasteiger partial charge in [0.05, 0.1) is 0 Å². The highest BCUT2D eigenvalue weighted by Crippen LogP contribution is 2.03. The highest BCUT2D eigenvalue weighted by Gasteiger charge is 2.01. The standard InChI is InChI=1S/C13H21N3/c1-4-8-13-15-14-11-16(13)10-7-5-6-9-12(2)3/h6,9,11H,2,4-5,7-8,10H2,1,3H3. The predicted molar refractivity (Wildman–Crippen MR) is 67.2 cm³/mol. The summed E-state index contributed by atoms with van der Waals surface area (Å²) < 4.78 is 2.15. The summed E-state index contributed by atoms with van der Waals surface area (Å²) in [6, 6.07) is 0. The van der Waals surface area contributed by atoms with E-state index < -0.39 is 0 Å². The lowest BCUT2D eigenvalue weighted by molar-refractivity contribution is 0.610. The van der Waals surface area contributed by atoms with Crippen molar-refractivity contribution in [1.29, 1.82) is 0 Å². The van der Waals surface area contributed by atoms with Crippen LogP contribution in [0, 0.1) is 0 Å². The van der Waals surface area contributed by atoms with Crippen molar-refractivity contribution in [3.05, 3.63) is 36.5 Å². The van der Waals surface area contributed by atoms with Crippen LogP contribution in [0.2, 0.25) is 0 Å². The molecule has 0 aliphatic carbocycles. The first-order chi connectivity index (χ1) is 7.74. The Morgan fingerprint density at radius 2 is 2.38 bits per heavy atom. The first-order valence-electron chi connectivity index (χ1n) is 5.92. The smallest absolute Gasteiger partial charge is 0.132 e. The maximum atomic E-state index is 4.11. The van der Waals surface area contributed by atoms with Crippen LogP contribution in [0.4, 0.5) is 0 Å². The van der Waals surface area contributed by atoms with Gasteiger partial charge >= 0.3 is 0 Å². The summed E-state index contributed by atoms with van der Waals surface area (Å²) in [5.74, 6) is 1.10. The minimum atomic E-state index is 1.00. The Bertz CT molecular complexity index is 350. The van der Waals surface area contributed by atoms with Crippen molar-refractivity contribution in [2.45, 2.75) is 46.1 Å². The SMILES string of the molecule is C=C(C)C=CCCCn1cnnc1CCC. The Balaban J connectivity index is 2.31. The summed E-state index contributed by atoms with van der Waals surface area (Å²) in [5, 5.41) is 8.06. The van der Waals surface area contributed by atoms with Crippen LogP contribution < -0.4 is 0 Å². The summed E-state index contributed by atoms with van der Waals surface area (Å²) in [4.78, 5) is 0. The van der Waals surface area contributed by atoms with E-state index in [2.05, 4.69) is 40.4 Å². The van der Waals surface area contributed by atoms with Crippen molar-refractivity contribution >= 4 is 0 Å². The van der Waals surface area contributed by atoms with Crippen molar-refractivity contribution in [2.24, 2.45) is 0 Å². The molecule has 0 aliphatic rings. The minimum Gasteiger partial charge on any atom is -0.318 e. The predicted octanol–water partition coefficient (Wildman–Crippen LogP) is 3.14. The maximum absolute atomic E-state index is 4.11. The zero-order valence-electron chi connectivity index (χ0n) is 10.3. The second-order valence-corrected chi connectivity index (χ2v) is 4.08. The third-order valence-electron chi connectivity index (χ3n) is 2.34. The molecule has 1 aromatic rings. The lowest BCUT2D eigenvalue weighted by atomic mass is 10.2. The van der Waals surface area contributed by atoms with Crippen LogP contribution in [0.25, 0.3) is 0 Å². The lowest BCUT2D eigenvalue weighted by Gasteiger charge is -2.03. The van der Waals surface area contributed by atoms with E-state index in [4.69, 9.17) is 0 Å². The molecular formula is C13H21N3. The number of hydrogen-bond acceptors (Lipinski definition) is 2. The molecule has 0 saturated heterocycles. The number of allylic oxidation sites excluding steroid dienone is 3. The van der Waals surface area contributed by atoms with Crippen molar-refractivity contribution < 1.29 is 0 Å². The number of unbranched alkanes of at least 4 members (excludes halogenated alkanes) is 1. The zero-order valence-corrected chi connectivity index (χ0v) is 10.3. The lowest BCUT2D eigenvalue weighted by Crippen LogP contribution is -2.02. The van der Waals surface area contributed by atoms with Crippen molar-refractivity contribution in [3.63, 3.8) is 0 Å². The minimum absolute atomic E-state index is 1.00. The van der Waals surface area contributed by atoms with E-state index in [1.165, 1.54) is 0 Å². The van der Waals surface area contributed by atoms with Gasteiger partial charge < -0.3 is 4.57 Å². The van der Waals surface area contributed by atoms with Gasteiger partial charge in [-0.25, -0.2) is 0 Å². The molecule has 1 heterocycles. The van der Waals surface area contributed by atoms with E-state index in [1.807, 2.05) is 13.3 Å². The van der Waals surface area contributed by atoms with Crippen LogP contribution >= 0.6 is 0 Å². The third-order valence-corrected chi connectivity index (χ3v) is 2.34. The van der Waals surface area contributed by atoms with Crippen molar-refractivity contribution in [2.75, 3.05) is 0 Å². The number of nitrogens with zero attached hydrogens (tertiary/aromatic N) is 3. The van der Waals surface area contributed by atoms with E-state index >= 15 is 0 Å². The summed E-state index contributed by atoms with van der Waals surface area (Å²) in [7, 11) is 0. The Kier molecular flexibility index (Phi) is 5.54. The fourth-order valence-electron chi connectivity index (χ4n) is 1.55. The van der Waals surface area contributed by atoms with E-state index in [1.54, 1.807) is 0 Å². The van der Waals surface area contributed by atoms with Crippen LogP contribution in [0.15, 0.2) is 30.6 Å². The van der Waals surface area contributed by atoms with Gasteiger partial charge in [0.2, 0.25) is 0 Å². The van der Waals surface area contributed by atoms with Gasteiger partial charge in [-0.3, -0.25) is 0 Å².